The van der Waals surface area contributed by atoms with Crippen molar-refractivity contribution in [1.82, 2.24) is 4.57 Å². The molecule has 0 N–H and O–H groups in total. The van der Waals surface area contributed by atoms with Gasteiger partial charge in [-0.3, -0.25) is 4.79 Å². The number of aromatic nitrogens is 1. The van der Waals surface area contributed by atoms with Crippen molar-refractivity contribution in [2.24, 2.45) is 0 Å². The molecule has 2 aromatic carbocycles. The summed E-state index contributed by atoms with van der Waals surface area (Å²) in [6.07, 6.45) is 2.70. The van der Waals surface area contributed by atoms with Crippen LogP contribution in [-0.4, -0.2) is 17.1 Å². The number of hydrogen-bond acceptors (Lipinski definition) is 2. The second kappa shape index (κ2) is 7.35. The van der Waals surface area contributed by atoms with Crippen LogP contribution in [0.3, 0.4) is 0 Å². The van der Waals surface area contributed by atoms with Gasteiger partial charge in [-0.2, -0.15) is 0 Å². The molecule has 0 aliphatic carbocycles. The average Bonchev–Trinajstić information content (AvgIpc) is 2.98. The van der Waals surface area contributed by atoms with E-state index >= 15 is 0 Å². The lowest BCUT2D eigenvalue weighted by molar-refractivity contribution is -0.144. The largest absolute Gasteiger partial charge is 0.464 e. The molecule has 24 heavy (non-hydrogen) atoms. The van der Waals surface area contributed by atoms with Crippen LogP contribution in [0.2, 0.25) is 0 Å². The van der Waals surface area contributed by atoms with Gasteiger partial charge in [0.05, 0.1) is 6.61 Å². The third-order valence-electron chi connectivity index (χ3n) is 4.26. The zero-order chi connectivity index (χ0) is 16.9. The summed E-state index contributed by atoms with van der Waals surface area (Å²) in [5.41, 5.74) is 3.56. The third kappa shape index (κ3) is 3.85. The molecule has 0 saturated carbocycles. The van der Waals surface area contributed by atoms with Crippen LogP contribution in [0.5, 0.6) is 0 Å². The Bertz CT molecular complexity index is 818. The highest BCUT2D eigenvalue weighted by molar-refractivity contribution is 5.82. The van der Waals surface area contributed by atoms with Crippen molar-refractivity contribution in [1.29, 1.82) is 0 Å². The fourth-order valence-corrected chi connectivity index (χ4v) is 2.83. The fourth-order valence-electron chi connectivity index (χ4n) is 2.83. The van der Waals surface area contributed by atoms with Gasteiger partial charge >= 0.3 is 5.97 Å². The molecule has 0 fully saturated rings. The number of benzene rings is 2. The standard InChI is InChI=1S/C21H23NO2/c1-16(2)18-8-9-20-19(14-18)10-12-22(20)15-21(23)24-13-11-17-6-4-3-5-7-17/h3-10,12,14,16H,11,13,15H2,1-2H3. The summed E-state index contributed by atoms with van der Waals surface area (Å²) in [6, 6.07) is 18.5. The lowest BCUT2D eigenvalue weighted by atomic mass is 10.0. The van der Waals surface area contributed by atoms with Crippen molar-refractivity contribution in [2.75, 3.05) is 6.61 Å². The second-order valence-corrected chi connectivity index (χ2v) is 6.37. The van der Waals surface area contributed by atoms with Crippen LogP contribution in [0, 0.1) is 0 Å². The molecule has 3 nitrogen and oxygen atoms in total. The lowest BCUT2D eigenvalue weighted by Gasteiger charge is -2.09. The fraction of sp³-hybridized carbons (Fsp3) is 0.286. The molecule has 0 saturated heterocycles. The summed E-state index contributed by atoms with van der Waals surface area (Å²) in [6.45, 7) is 5.03. The number of carbonyl (C=O) groups excluding carboxylic acids is 1. The van der Waals surface area contributed by atoms with Crippen LogP contribution < -0.4 is 0 Å². The maximum atomic E-state index is 12.1. The van der Waals surface area contributed by atoms with Crippen molar-refractivity contribution < 1.29 is 9.53 Å². The minimum absolute atomic E-state index is 0.198. The van der Waals surface area contributed by atoms with Gasteiger partial charge in [-0.05, 0) is 40.6 Å². The van der Waals surface area contributed by atoms with Crippen LogP contribution in [0.25, 0.3) is 10.9 Å². The molecule has 0 unspecified atom stereocenters. The van der Waals surface area contributed by atoms with Gasteiger partial charge < -0.3 is 9.30 Å². The molecule has 0 spiro atoms. The Morgan fingerprint density at radius 1 is 1.08 bits per heavy atom. The van der Waals surface area contributed by atoms with Crippen LogP contribution in [0.15, 0.2) is 60.8 Å². The molecule has 0 aliphatic heterocycles. The van der Waals surface area contributed by atoms with E-state index < -0.39 is 0 Å². The maximum absolute atomic E-state index is 12.1. The predicted molar refractivity (Wildman–Crippen MR) is 97.1 cm³/mol. The van der Waals surface area contributed by atoms with E-state index in [1.807, 2.05) is 41.1 Å². The number of carbonyl (C=O) groups is 1. The maximum Gasteiger partial charge on any atom is 0.325 e. The molecule has 1 aromatic heterocycles. The smallest absolute Gasteiger partial charge is 0.325 e. The number of hydrogen-bond donors (Lipinski definition) is 0. The van der Waals surface area contributed by atoms with Crippen molar-refractivity contribution in [2.45, 2.75) is 32.7 Å². The predicted octanol–water partition coefficient (Wildman–Crippen LogP) is 4.55. The lowest BCUT2D eigenvalue weighted by Crippen LogP contribution is -2.14. The Hall–Kier alpha value is -2.55. The van der Waals surface area contributed by atoms with Crippen LogP contribution in [-0.2, 0) is 22.5 Å². The Labute approximate surface area is 142 Å². The van der Waals surface area contributed by atoms with Crippen molar-refractivity contribution in [3.05, 3.63) is 71.9 Å². The van der Waals surface area contributed by atoms with E-state index in [2.05, 4.69) is 38.1 Å². The molecule has 1 heterocycles. The van der Waals surface area contributed by atoms with Gasteiger partial charge in [0.2, 0.25) is 0 Å². The summed E-state index contributed by atoms with van der Waals surface area (Å²) < 4.78 is 7.32. The zero-order valence-corrected chi connectivity index (χ0v) is 14.2. The Kier molecular flexibility index (Phi) is 4.99. The highest BCUT2D eigenvalue weighted by Gasteiger charge is 2.09. The van der Waals surface area contributed by atoms with E-state index in [1.165, 1.54) is 16.5 Å². The Morgan fingerprint density at radius 2 is 1.88 bits per heavy atom. The van der Waals surface area contributed by atoms with Gasteiger partial charge in [-0.1, -0.05) is 50.2 Å². The highest BCUT2D eigenvalue weighted by Crippen LogP contribution is 2.22. The highest BCUT2D eigenvalue weighted by atomic mass is 16.5. The molecule has 0 bridgehead atoms. The first kappa shape index (κ1) is 16.3. The molecule has 0 atom stereocenters. The van der Waals surface area contributed by atoms with Gasteiger partial charge in [0.25, 0.3) is 0 Å². The molecule has 3 rings (SSSR count). The topological polar surface area (TPSA) is 31.2 Å². The summed E-state index contributed by atoms with van der Waals surface area (Å²) in [7, 11) is 0. The van der Waals surface area contributed by atoms with E-state index in [9.17, 15) is 4.79 Å². The van der Waals surface area contributed by atoms with E-state index in [4.69, 9.17) is 4.74 Å². The zero-order valence-electron chi connectivity index (χ0n) is 14.2. The van der Waals surface area contributed by atoms with Crippen molar-refractivity contribution in [3.63, 3.8) is 0 Å². The van der Waals surface area contributed by atoms with E-state index in [0.29, 0.717) is 12.5 Å². The molecular weight excluding hydrogens is 298 g/mol. The third-order valence-corrected chi connectivity index (χ3v) is 4.26. The van der Waals surface area contributed by atoms with Crippen LogP contribution in [0.1, 0.15) is 30.9 Å². The molecule has 3 aromatic rings. The number of rotatable bonds is 6. The summed E-state index contributed by atoms with van der Waals surface area (Å²) >= 11 is 0. The quantitative estimate of drug-likeness (QED) is 0.624. The number of ether oxygens (including phenoxy) is 1. The second-order valence-electron chi connectivity index (χ2n) is 6.37. The summed E-state index contributed by atoms with van der Waals surface area (Å²) in [5, 5.41) is 1.17. The van der Waals surface area contributed by atoms with E-state index in [1.54, 1.807) is 0 Å². The molecule has 3 heteroatoms. The van der Waals surface area contributed by atoms with Crippen LogP contribution >= 0.6 is 0 Å². The van der Waals surface area contributed by atoms with Gasteiger partial charge in [0, 0.05) is 18.1 Å². The molecule has 0 radical (unpaired) electrons. The summed E-state index contributed by atoms with van der Waals surface area (Å²) in [4.78, 5) is 12.1. The SMILES string of the molecule is CC(C)c1ccc2c(ccn2CC(=O)OCCc2ccccc2)c1. The molecule has 0 aliphatic rings. The van der Waals surface area contributed by atoms with Gasteiger partial charge in [-0.15, -0.1) is 0 Å². The number of esters is 1. The van der Waals surface area contributed by atoms with Gasteiger partial charge in [0.15, 0.2) is 0 Å². The molecule has 124 valence electrons. The number of fused-ring (bicyclic) bond motifs is 1. The van der Waals surface area contributed by atoms with E-state index in [-0.39, 0.29) is 12.5 Å². The minimum Gasteiger partial charge on any atom is -0.464 e. The van der Waals surface area contributed by atoms with Crippen molar-refractivity contribution >= 4 is 16.9 Å². The first-order valence-corrected chi connectivity index (χ1v) is 8.42. The monoisotopic (exact) mass is 321 g/mol. The van der Waals surface area contributed by atoms with Crippen molar-refractivity contribution in [3.8, 4) is 0 Å². The normalized spacial score (nSPS) is 11.1. The van der Waals surface area contributed by atoms with Crippen LogP contribution in [0.4, 0.5) is 0 Å². The minimum atomic E-state index is -0.198. The van der Waals surface area contributed by atoms with Gasteiger partial charge in [-0.25, -0.2) is 0 Å². The average molecular weight is 321 g/mol. The summed E-state index contributed by atoms with van der Waals surface area (Å²) in [5.74, 6) is 0.303. The molecule has 0 amide bonds. The Balaban J connectivity index is 1.59. The Morgan fingerprint density at radius 3 is 2.62 bits per heavy atom. The van der Waals surface area contributed by atoms with E-state index in [0.717, 1.165) is 11.9 Å². The first-order chi connectivity index (χ1) is 11.6. The number of nitrogens with zero attached hydrogens (tertiary/aromatic N) is 1. The molecular formula is C21H23NO2. The van der Waals surface area contributed by atoms with Gasteiger partial charge in [0.1, 0.15) is 6.54 Å². The first-order valence-electron chi connectivity index (χ1n) is 8.42.